The van der Waals surface area contributed by atoms with Crippen LogP contribution in [0, 0.1) is 11.7 Å². The van der Waals surface area contributed by atoms with Crippen molar-refractivity contribution in [2.24, 2.45) is 5.92 Å². The number of nitrogens with zero attached hydrogens (tertiary/aromatic N) is 2. The molecular weight excluding hydrogens is 457 g/mol. The molecule has 0 radical (unpaired) electrons. The Hall–Kier alpha value is -3.20. The lowest BCUT2D eigenvalue weighted by Gasteiger charge is -2.19. The molecule has 1 aromatic heterocycles. The van der Waals surface area contributed by atoms with Crippen molar-refractivity contribution in [2.45, 2.75) is 52.0 Å². The van der Waals surface area contributed by atoms with Gasteiger partial charge in [0.1, 0.15) is 11.6 Å². The maximum absolute atomic E-state index is 14.1. The van der Waals surface area contributed by atoms with Crippen LogP contribution in [0.4, 0.5) is 9.18 Å². The number of carbonyl (C=O) groups is 1. The normalized spacial score (nSPS) is 11.6. The maximum Gasteiger partial charge on any atom is 0.421 e. The van der Waals surface area contributed by atoms with Crippen molar-refractivity contribution in [1.29, 1.82) is 0 Å². The van der Waals surface area contributed by atoms with Gasteiger partial charge in [0.2, 0.25) is 0 Å². The van der Waals surface area contributed by atoms with Crippen molar-refractivity contribution in [3.8, 4) is 11.1 Å². The third kappa shape index (κ3) is 6.02. The fourth-order valence-electron chi connectivity index (χ4n) is 3.85. The Bertz CT molecular complexity index is 1270. The predicted molar refractivity (Wildman–Crippen MR) is 128 cm³/mol. The lowest BCUT2D eigenvalue weighted by atomic mass is 9.93. The molecule has 0 fully saturated rings. The molecule has 0 aliphatic heterocycles. The Morgan fingerprint density at radius 3 is 2.59 bits per heavy atom. The second-order valence-corrected chi connectivity index (χ2v) is 10.0. The van der Waals surface area contributed by atoms with Crippen LogP contribution < -0.4 is 4.72 Å². The van der Waals surface area contributed by atoms with Crippen molar-refractivity contribution < 1.29 is 22.3 Å². The summed E-state index contributed by atoms with van der Waals surface area (Å²) in [4.78, 5) is 16.2. The van der Waals surface area contributed by atoms with Crippen LogP contribution in [0.1, 0.15) is 44.6 Å². The van der Waals surface area contributed by atoms with Crippen LogP contribution in [-0.4, -0.2) is 30.7 Å². The number of hydrogen-bond acceptors (Lipinski definition) is 5. The van der Waals surface area contributed by atoms with Crippen molar-refractivity contribution in [1.82, 2.24) is 14.3 Å². The van der Waals surface area contributed by atoms with E-state index in [0.717, 1.165) is 23.4 Å². The fourth-order valence-corrected chi connectivity index (χ4v) is 5.01. The van der Waals surface area contributed by atoms with E-state index in [2.05, 4.69) is 18.8 Å². The molecule has 0 bridgehead atoms. The van der Waals surface area contributed by atoms with Crippen LogP contribution in [-0.2, 0) is 34.1 Å². The van der Waals surface area contributed by atoms with Gasteiger partial charge in [0.25, 0.3) is 10.0 Å². The van der Waals surface area contributed by atoms with E-state index in [1.807, 2.05) is 22.4 Å². The average Bonchev–Trinajstić information content (AvgIpc) is 3.21. The number of aryl methyl sites for hydroxylation is 1. The molecule has 2 aromatic carbocycles. The molecule has 1 heterocycles. The number of benzene rings is 2. The lowest BCUT2D eigenvalue weighted by molar-refractivity contribution is 0.158. The summed E-state index contributed by atoms with van der Waals surface area (Å²) in [6.45, 7) is 8.17. The predicted octanol–water partition coefficient (Wildman–Crippen LogP) is 4.93. The molecule has 0 spiro atoms. The van der Waals surface area contributed by atoms with Gasteiger partial charge in [0.15, 0.2) is 0 Å². The molecule has 0 saturated heterocycles. The molecule has 7 nitrogen and oxygen atoms in total. The lowest BCUT2D eigenvalue weighted by Crippen LogP contribution is -2.31. The first kappa shape index (κ1) is 25.4. The van der Waals surface area contributed by atoms with Gasteiger partial charge in [-0.2, -0.15) is 0 Å². The molecule has 1 amide bonds. The van der Waals surface area contributed by atoms with E-state index in [-0.39, 0.29) is 11.5 Å². The number of imidazole rings is 1. The first-order valence-electron chi connectivity index (χ1n) is 11.3. The molecule has 0 saturated carbocycles. The molecule has 182 valence electrons. The summed E-state index contributed by atoms with van der Waals surface area (Å²) in [5, 5.41) is 0. The Morgan fingerprint density at radius 2 is 1.94 bits per heavy atom. The van der Waals surface area contributed by atoms with Crippen molar-refractivity contribution >= 4 is 16.1 Å². The van der Waals surface area contributed by atoms with Crippen LogP contribution in [0.3, 0.4) is 0 Å². The highest BCUT2D eigenvalue weighted by Gasteiger charge is 2.25. The quantitative estimate of drug-likeness (QED) is 0.462. The summed E-state index contributed by atoms with van der Waals surface area (Å²) in [6.07, 6.45) is 3.91. The fraction of sp³-hybridized carbons (Fsp3) is 0.360. The van der Waals surface area contributed by atoms with Crippen LogP contribution in [0.2, 0.25) is 0 Å². The summed E-state index contributed by atoms with van der Waals surface area (Å²) in [5.41, 5.74) is 2.44. The van der Waals surface area contributed by atoms with Gasteiger partial charge < -0.3 is 9.30 Å². The highest BCUT2D eigenvalue weighted by molar-refractivity contribution is 7.90. The molecule has 0 unspecified atom stereocenters. The Labute approximate surface area is 200 Å². The molecule has 9 heteroatoms. The Morgan fingerprint density at radius 1 is 1.18 bits per heavy atom. The third-order valence-corrected chi connectivity index (χ3v) is 6.66. The molecule has 3 rings (SSSR count). The third-order valence-electron chi connectivity index (χ3n) is 5.31. The highest BCUT2D eigenvalue weighted by atomic mass is 32.2. The molecule has 1 N–H and O–H groups in total. The van der Waals surface area contributed by atoms with Crippen molar-refractivity contribution in [3.05, 3.63) is 71.6 Å². The summed E-state index contributed by atoms with van der Waals surface area (Å²) in [6, 6.07) is 9.09. The van der Waals surface area contributed by atoms with Gasteiger partial charge in [-0.15, -0.1) is 0 Å². The van der Waals surface area contributed by atoms with E-state index in [1.54, 1.807) is 31.3 Å². The molecule has 0 aliphatic carbocycles. The summed E-state index contributed by atoms with van der Waals surface area (Å²) in [5.74, 6) is 0.686. The molecule has 0 aliphatic rings. The topological polar surface area (TPSA) is 90.3 Å². The SMILES string of the molecule is CCOC(=O)NS(=O)(=O)c1cc(Cn2ccnc2CC)c(CC(C)C)cc1-c1cccc(F)c1. The van der Waals surface area contributed by atoms with E-state index in [9.17, 15) is 17.6 Å². The van der Waals surface area contributed by atoms with Gasteiger partial charge in [-0.3, -0.25) is 0 Å². The average molecular weight is 488 g/mol. The number of halogens is 1. The van der Waals surface area contributed by atoms with Crippen LogP contribution in [0.15, 0.2) is 53.7 Å². The second kappa shape index (κ2) is 10.8. The molecule has 3 aromatic rings. The van der Waals surface area contributed by atoms with E-state index in [1.165, 1.54) is 18.2 Å². The van der Waals surface area contributed by atoms with Gasteiger partial charge >= 0.3 is 6.09 Å². The molecule has 0 atom stereocenters. The monoisotopic (exact) mass is 487 g/mol. The van der Waals surface area contributed by atoms with Gasteiger partial charge in [-0.25, -0.2) is 27.3 Å². The van der Waals surface area contributed by atoms with Gasteiger partial charge in [0.05, 0.1) is 11.5 Å². The van der Waals surface area contributed by atoms with Crippen molar-refractivity contribution in [2.75, 3.05) is 6.61 Å². The van der Waals surface area contributed by atoms with E-state index >= 15 is 0 Å². The maximum atomic E-state index is 14.1. The minimum absolute atomic E-state index is 0.0249. The summed E-state index contributed by atoms with van der Waals surface area (Å²) >= 11 is 0. The van der Waals surface area contributed by atoms with E-state index in [0.29, 0.717) is 30.0 Å². The summed E-state index contributed by atoms with van der Waals surface area (Å²) in [7, 11) is -4.31. The number of nitrogens with one attached hydrogen (secondary N) is 1. The Balaban J connectivity index is 2.23. The summed E-state index contributed by atoms with van der Waals surface area (Å²) < 4.78 is 49.4. The largest absolute Gasteiger partial charge is 0.449 e. The standard InChI is InChI=1S/C25H30FN3O4S/c1-5-24-27-10-11-29(24)16-20-15-23(34(31,32)28-25(30)33-6-2)22(14-19(20)12-17(3)4)18-8-7-9-21(26)13-18/h7-11,13-15,17H,5-6,12,16H2,1-4H3,(H,28,30). The van der Waals surface area contributed by atoms with Gasteiger partial charge in [-0.1, -0.05) is 32.9 Å². The van der Waals surface area contributed by atoms with Crippen LogP contribution in [0.25, 0.3) is 11.1 Å². The van der Waals surface area contributed by atoms with Gasteiger partial charge in [0, 0.05) is 30.9 Å². The second-order valence-electron chi connectivity index (χ2n) is 8.38. The molecular formula is C25H30FN3O4S. The van der Waals surface area contributed by atoms with Gasteiger partial charge in [-0.05, 0) is 60.2 Å². The zero-order valence-corrected chi connectivity index (χ0v) is 20.7. The number of carbonyl (C=O) groups excluding carboxylic acids is 1. The number of sulfonamides is 1. The first-order valence-corrected chi connectivity index (χ1v) is 12.7. The van der Waals surface area contributed by atoms with Crippen LogP contribution >= 0.6 is 0 Å². The number of hydrogen-bond donors (Lipinski definition) is 1. The first-order chi connectivity index (χ1) is 16.1. The highest BCUT2D eigenvalue weighted by Crippen LogP contribution is 2.33. The minimum Gasteiger partial charge on any atom is -0.449 e. The van der Waals surface area contributed by atoms with Crippen molar-refractivity contribution in [3.63, 3.8) is 0 Å². The number of rotatable bonds is 9. The zero-order valence-electron chi connectivity index (χ0n) is 19.8. The van der Waals surface area contributed by atoms with E-state index < -0.39 is 21.9 Å². The van der Waals surface area contributed by atoms with E-state index in [4.69, 9.17) is 4.74 Å². The minimum atomic E-state index is -4.31. The Kier molecular flexibility index (Phi) is 8.09. The number of ether oxygens (including phenoxy) is 1. The smallest absolute Gasteiger partial charge is 0.421 e. The molecule has 34 heavy (non-hydrogen) atoms. The number of amides is 1. The zero-order chi connectivity index (χ0) is 24.9. The number of aromatic nitrogens is 2. The van der Waals surface area contributed by atoms with Crippen LogP contribution in [0.5, 0.6) is 0 Å².